The average molecular weight is 290 g/mol. The minimum absolute atomic E-state index is 0.301. The van der Waals surface area contributed by atoms with E-state index in [-0.39, 0.29) is 5.76 Å². The van der Waals surface area contributed by atoms with E-state index in [1.807, 2.05) is 12.1 Å². The lowest BCUT2D eigenvalue weighted by Crippen LogP contribution is -2.20. The Bertz CT molecular complexity index is 627. The maximum atomic E-state index is 11.6. The molecule has 1 unspecified atom stereocenters. The summed E-state index contributed by atoms with van der Waals surface area (Å²) in [6.07, 6.45) is 6.18. The Morgan fingerprint density at radius 1 is 1.24 bits per heavy atom. The molecule has 0 fully saturated rings. The second-order valence-corrected chi connectivity index (χ2v) is 5.61. The molecule has 1 N–H and O–H groups in total. The van der Waals surface area contributed by atoms with E-state index in [2.05, 4.69) is 25.2 Å². The summed E-state index contributed by atoms with van der Waals surface area (Å²) in [5.74, 6) is -0.301. The van der Waals surface area contributed by atoms with Crippen molar-refractivity contribution < 1.29 is 4.42 Å². The molecule has 116 valence electrons. The number of fused-ring (bicyclic) bond motifs is 1. The highest BCUT2D eigenvalue weighted by Crippen LogP contribution is 2.24. The first kappa shape index (κ1) is 15.8. The Hall–Kier alpha value is -1.55. The molecule has 1 aromatic heterocycles. The molecule has 0 bridgehead atoms. The molecular weight excluding hydrogens is 264 g/mol. The molecule has 4 nitrogen and oxygen atoms in total. The van der Waals surface area contributed by atoms with Gasteiger partial charge in [0.05, 0.1) is 5.52 Å². The van der Waals surface area contributed by atoms with E-state index in [0.717, 1.165) is 18.5 Å². The van der Waals surface area contributed by atoms with E-state index in [1.54, 1.807) is 11.6 Å². The number of unbranched alkanes of at least 4 members (excludes halogenated alkanes) is 3. The SMILES string of the molecule is CCCCCCC(NCC)c1ccc2c(c1)oc(=O)n2C. The molecule has 1 heterocycles. The molecule has 0 aliphatic rings. The molecule has 0 aliphatic heterocycles. The summed E-state index contributed by atoms with van der Waals surface area (Å²) in [5.41, 5.74) is 2.73. The first-order valence-electron chi connectivity index (χ1n) is 8.00. The number of rotatable bonds is 8. The highest BCUT2D eigenvalue weighted by molar-refractivity contribution is 5.73. The molecule has 0 saturated carbocycles. The molecule has 1 atom stereocenters. The third-order valence-corrected chi connectivity index (χ3v) is 4.02. The zero-order valence-electron chi connectivity index (χ0n) is 13.3. The second kappa shape index (κ2) is 7.46. The van der Waals surface area contributed by atoms with Crippen LogP contribution in [0.25, 0.3) is 11.1 Å². The molecule has 2 rings (SSSR count). The van der Waals surface area contributed by atoms with Crippen molar-refractivity contribution in [3.8, 4) is 0 Å². The molecular formula is C17H26N2O2. The topological polar surface area (TPSA) is 47.2 Å². The van der Waals surface area contributed by atoms with Gasteiger partial charge in [0.15, 0.2) is 5.58 Å². The lowest BCUT2D eigenvalue weighted by atomic mass is 9.99. The highest BCUT2D eigenvalue weighted by Gasteiger charge is 2.13. The molecule has 2 aromatic rings. The summed E-state index contributed by atoms with van der Waals surface area (Å²) >= 11 is 0. The van der Waals surface area contributed by atoms with E-state index in [4.69, 9.17) is 4.42 Å². The van der Waals surface area contributed by atoms with Gasteiger partial charge >= 0.3 is 5.76 Å². The van der Waals surface area contributed by atoms with Crippen molar-refractivity contribution in [2.75, 3.05) is 6.54 Å². The van der Waals surface area contributed by atoms with Gasteiger partial charge in [-0.25, -0.2) is 4.79 Å². The van der Waals surface area contributed by atoms with Gasteiger partial charge in [-0.3, -0.25) is 4.57 Å². The number of nitrogens with zero attached hydrogens (tertiary/aromatic N) is 1. The maximum Gasteiger partial charge on any atom is 0.419 e. The van der Waals surface area contributed by atoms with Gasteiger partial charge in [0.25, 0.3) is 0 Å². The summed E-state index contributed by atoms with van der Waals surface area (Å²) in [5, 5.41) is 3.54. The van der Waals surface area contributed by atoms with Gasteiger partial charge in [0.2, 0.25) is 0 Å². The van der Waals surface area contributed by atoms with E-state index in [9.17, 15) is 4.79 Å². The van der Waals surface area contributed by atoms with Crippen molar-refractivity contribution in [3.63, 3.8) is 0 Å². The number of oxazole rings is 1. The van der Waals surface area contributed by atoms with Crippen molar-refractivity contribution in [2.24, 2.45) is 7.05 Å². The van der Waals surface area contributed by atoms with E-state index in [0.29, 0.717) is 11.6 Å². The molecule has 0 aliphatic carbocycles. The Balaban J connectivity index is 2.17. The fourth-order valence-corrected chi connectivity index (χ4v) is 2.78. The average Bonchev–Trinajstić information content (AvgIpc) is 2.77. The molecule has 1 aromatic carbocycles. The summed E-state index contributed by atoms with van der Waals surface area (Å²) < 4.78 is 6.83. The van der Waals surface area contributed by atoms with Gasteiger partial charge in [-0.1, -0.05) is 45.6 Å². The maximum absolute atomic E-state index is 11.6. The standard InChI is InChI=1S/C17H26N2O2/c1-4-6-7-8-9-14(18-5-2)13-10-11-15-16(12-13)21-17(20)19(15)3/h10-12,14,18H,4-9H2,1-3H3. The van der Waals surface area contributed by atoms with Crippen LogP contribution in [0.4, 0.5) is 0 Å². The van der Waals surface area contributed by atoms with Crippen molar-refractivity contribution in [3.05, 3.63) is 34.3 Å². The molecule has 0 amide bonds. The van der Waals surface area contributed by atoms with Crippen molar-refractivity contribution in [2.45, 2.75) is 52.0 Å². The normalized spacial score (nSPS) is 12.9. The molecule has 0 saturated heterocycles. The molecule has 0 radical (unpaired) electrons. The quantitative estimate of drug-likeness (QED) is 0.753. The minimum atomic E-state index is -0.301. The van der Waals surface area contributed by atoms with Gasteiger partial charge in [-0.2, -0.15) is 0 Å². The number of aromatic nitrogens is 1. The number of hydrogen-bond acceptors (Lipinski definition) is 3. The van der Waals surface area contributed by atoms with Crippen LogP contribution >= 0.6 is 0 Å². The van der Waals surface area contributed by atoms with Gasteiger partial charge in [0, 0.05) is 13.1 Å². The van der Waals surface area contributed by atoms with Crippen LogP contribution in [-0.2, 0) is 7.05 Å². The Morgan fingerprint density at radius 2 is 2.05 bits per heavy atom. The van der Waals surface area contributed by atoms with Crippen molar-refractivity contribution in [1.29, 1.82) is 0 Å². The number of benzene rings is 1. The predicted molar refractivity (Wildman–Crippen MR) is 86.6 cm³/mol. The monoisotopic (exact) mass is 290 g/mol. The van der Waals surface area contributed by atoms with Crippen LogP contribution in [-0.4, -0.2) is 11.1 Å². The Labute approximate surface area is 126 Å². The highest BCUT2D eigenvalue weighted by atomic mass is 16.4. The van der Waals surface area contributed by atoms with Crippen LogP contribution < -0.4 is 11.1 Å². The summed E-state index contributed by atoms with van der Waals surface area (Å²) in [4.78, 5) is 11.6. The first-order chi connectivity index (χ1) is 10.2. The van der Waals surface area contributed by atoms with Gasteiger partial charge < -0.3 is 9.73 Å². The van der Waals surface area contributed by atoms with Crippen molar-refractivity contribution >= 4 is 11.1 Å². The van der Waals surface area contributed by atoms with E-state index in [1.165, 1.54) is 31.2 Å². The third kappa shape index (κ3) is 3.76. The van der Waals surface area contributed by atoms with Crippen LogP contribution in [0.2, 0.25) is 0 Å². The zero-order valence-corrected chi connectivity index (χ0v) is 13.3. The Morgan fingerprint density at radius 3 is 2.76 bits per heavy atom. The first-order valence-corrected chi connectivity index (χ1v) is 8.00. The smallest absolute Gasteiger partial charge is 0.408 e. The van der Waals surface area contributed by atoms with E-state index >= 15 is 0 Å². The number of aryl methyl sites for hydroxylation is 1. The summed E-state index contributed by atoms with van der Waals surface area (Å²) in [6.45, 7) is 5.29. The van der Waals surface area contributed by atoms with Crippen molar-refractivity contribution in [1.82, 2.24) is 9.88 Å². The Kier molecular flexibility index (Phi) is 5.62. The molecule has 4 heteroatoms. The third-order valence-electron chi connectivity index (χ3n) is 4.02. The fraction of sp³-hybridized carbons (Fsp3) is 0.588. The lowest BCUT2D eigenvalue weighted by Gasteiger charge is -2.18. The van der Waals surface area contributed by atoms with Crippen LogP contribution in [0.5, 0.6) is 0 Å². The van der Waals surface area contributed by atoms with Crippen LogP contribution in [0.15, 0.2) is 27.4 Å². The zero-order chi connectivity index (χ0) is 15.2. The van der Waals surface area contributed by atoms with Gasteiger partial charge in [0.1, 0.15) is 0 Å². The summed E-state index contributed by atoms with van der Waals surface area (Å²) in [7, 11) is 1.74. The largest absolute Gasteiger partial charge is 0.419 e. The van der Waals surface area contributed by atoms with Crippen LogP contribution in [0.1, 0.15) is 57.6 Å². The van der Waals surface area contributed by atoms with Gasteiger partial charge in [-0.05, 0) is 30.7 Å². The number of hydrogen-bond donors (Lipinski definition) is 1. The number of nitrogens with one attached hydrogen (secondary N) is 1. The lowest BCUT2D eigenvalue weighted by molar-refractivity contribution is 0.480. The van der Waals surface area contributed by atoms with E-state index < -0.39 is 0 Å². The molecule has 0 spiro atoms. The summed E-state index contributed by atoms with van der Waals surface area (Å²) in [6, 6.07) is 6.42. The fourth-order valence-electron chi connectivity index (χ4n) is 2.78. The predicted octanol–water partition coefficient (Wildman–Crippen LogP) is 3.75. The van der Waals surface area contributed by atoms with Crippen LogP contribution in [0.3, 0.4) is 0 Å². The minimum Gasteiger partial charge on any atom is -0.408 e. The molecule has 21 heavy (non-hydrogen) atoms. The van der Waals surface area contributed by atoms with Gasteiger partial charge in [-0.15, -0.1) is 0 Å². The van der Waals surface area contributed by atoms with Crippen LogP contribution in [0, 0.1) is 0 Å². The second-order valence-electron chi connectivity index (χ2n) is 5.61.